The van der Waals surface area contributed by atoms with Gasteiger partial charge in [-0.3, -0.25) is 14.5 Å². The first-order chi connectivity index (χ1) is 17.7. The molecule has 188 valence electrons. The molecule has 37 heavy (non-hydrogen) atoms. The lowest BCUT2D eigenvalue weighted by molar-refractivity contribution is -0.117. The lowest BCUT2D eigenvalue weighted by Crippen LogP contribution is -2.31. The number of benzene rings is 2. The second kappa shape index (κ2) is 10.3. The molecule has 1 atom stereocenters. The molecule has 0 saturated heterocycles. The van der Waals surface area contributed by atoms with Crippen LogP contribution in [0.15, 0.2) is 64.2 Å². The highest BCUT2D eigenvalue weighted by atomic mass is 35.5. The van der Waals surface area contributed by atoms with Gasteiger partial charge in [0.1, 0.15) is 5.82 Å². The molecule has 2 aromatic carbocycles. The molecule has 1 unspecified atom stereocenters. The van der Waals surface area contributed by atoms with Crippen molar-refractivity contribution in [2.75, 3.05) is 4.90 Å². The fourth-order valence-corrected chi connectivity index (χ4v) is 6.93. The van der Waals surface area contributed by atoms with E-state index >= 15 is 0 Å². The van der Waals surface area contributed by atoms with E-state index in [0.717, 1.165) is 11.3 Å². The third-order valence-corrected chi connectivity index (χ3v) is 9.05. The maximum Gasteiger partial charge on any atom is 0.296 e. The lowest BCUT2D eigenvalue weighted by atomic mass is 9.95. The van der Waals surface area contributed by atoms with E-state index in [1.165, 1.54) is 34.1 Å². The van der Waals surface area contributed by atoms with Gasteiger partial charge in [0, 0.05) is 10.8 Å². The number of thioether (sulfide) groups is 1. The summed E-state index contributed by atoms with van der Waals surface area (Å²) < 4.78 is 14.5. The zero-order chi connectivity index (χ0) is 26.3. The van der Waals surface area contributed by atoms with E-state index in [-0.39, 0.29) is 16.5 Å². The zero-order valence-corrected chi connectivity index (χ0v) is 22.6. The molecule has 2 aromatic heterocycles. The van der Waals surface area contributed by atoms with Crippen molar-refractivity contribution in [3.63, 3.8) is 0 Å². The highest BCUT2D eigenvalue weighted by Gasteiger charge is 2.46. The SMILES string of the molecule is Cc1nc(C)c(C(=O)C2=C(O)C(=O)N(c3nnc(SCc4ccccc4F)s3)C2c2cccc(Cl)c2)s1. The summed E-state index contributed by atoms with van der Waals surface area (Å²) in [5.41, 5.74) is 1.49. The number of aliphatic hydroxyl groups excluding tert-OH is 1. The van der Waals surface area contributed by atoms with Gasteiger partial charge in [0.2, 0.25) is 10.9 Å². The van der Waals surface area contributed by atoms with Gasteiger partial charge in [0.25, 0.3) is 5.91 Å². The number of aryl methyl sites for hydroxylation is 2. The number of amides is 1. The van der Waals surface area contributed by atoms with Crippen LogP contribution in [0.3, 0.4) is 0 Å². The molecule has 7 nitrogen and oxygen atoms in total. The van der Waals surface area contributed by atoms with E-state index in [2.05, 4.69) is 15.2 Å². The predicted octanol–water partition coefficient (Wildman–Crippen LogP) is 6.48. The Morgan fingerprint density at radius 2 is 1.95 bits per heavy atom. The minimum absolute atomic E-state index is 0.0743. The quantitative estimate of drug-likeness (QED) is 0.154. The third-order valence-electron chi connectivity index (χ3n) is 5.64. The van der Waals surface area contributed by atoms with E-state index in [1.807, 2.05) is 0 Å². The Labute approximate surface area is 228 Å². The molecule has 0 saturated carbocycles. The maximum atomic E-state index is 14.0. The van der Waals surface area contributed by atoms with E-state index in [9.17, 15) is 19.1 Å². The molecular formula is C25H18ClFN4O3S3. The highest BCUT2D eigenvalue weighted by Crippen LogP contribution is 2.45. The van der Waals surface area contributed by atoms with Crippen molar-refractivity contribution in [2.45, 2.75) is 30.0 Å². The van der Waals surface area contributed by atoms with Crippen LogP contribution in [0.5, 0.6) is 0 Å². The Morgan fingerprint density at radius 3 is 2.65 bits per heavy atom. The van der Waals surface area contributed by atoms with Crippen LogP contribution in [-0.2, 0) is 10.5 Å². The second-order valence-corrected chi connectivity index (χ2v) is 11.9. The molecule has 1 N–H and O–H groups in total. The lowest BCUT2D eigenvalue weighted by Gasteiger charge is -2.24. The Balaban J connectivity index is 1.52. The summed E-state index contributed by atoms with van der Waals surface area (Å²) in [5, 5.41) is 20.6. The molecule has 3 heterocycles. The van der Waals surface area contributed by atoms with E-state index < -0.39 is 23.5 Å². The number of thiazole rings is 1. The zero-order valence-electron chi connectivity index (χ0n) is 19.4. The summed E-state index contributed by atoms with van der Waals surface area (Å²) >= 11 is 9.83. The normalized spacial score (nSPS) is 15.6. The van der Waals surface area contributed by atoms with Crippen molar-refractivity contribution in [1.82, 2.24) is 15.2 Å². The average molecular weight is 573 g/mol. The monoisotopic (exact) mass is 572 g/mol. The van der Waals surface area contributed by atoms with Crippen LogP contribution in [0.25, 0.3) is 0 Å². The number of anilines is 1. The van der Waals surface area contributed by atoms with Crippen LogP contribution in [0.2, 0.25) is 5.02 Å². The summed E-state index contributed by atoms with van der Waals surface area (Å²) in [5.74, 6) is -1.91. The molecule has 0 radical (unpaired) electrons. The fourth-order valence-electron chi connectivity index (χ4n) is 4.00. The number of rotatable bonds is 7. The smallest absolute Gasteiger partial charge is 0.296 e. The number of hydrogen-bond acceptors (Lipinski definition) is 9. The molecule has 0 spiro atoms. The molecule has 1 aliphatic heterocycles. The van der Waals surface area contributed by atoms with Crippen LogP contribution in [0, 0.1) is 19.7 Å². The molecule has 0 bridgehead atoms. The number of halogens is 2. The first-order valence-corrected chi connectivity index (χ1v) is 13.9. The molecule has 0 aliphatic carbocycles. The summed E-state index contributed by atoms with van der Waals surface area (Å²) in [6.45, 7) is 3.49. The highest BCUT2D eigenvalue weighted by molar-refractivity contribution is 8.00. The van der Waals surface area contributed by atoms with Gasteiger partial charge in [-0.2, -0.15) is 0 Å². The van der Waals surface area contributed by atoms with Gasteiger partial charge in [0.15, 0.2) is 10.1 Å². The number of carbonyl (C=O) groups excluding carboxylic acids is 2. The maximum absolute atomic E-state index is 14.0. The molecule has 5 rings (SSSR count). The summed E-state index contributed by atoms with van der Waals surface area (Å²) in [6.07, 6.45) is 0. The van der Waals surface area contributed by atoms with Gasteiger partial charge in [-0.15, -0.1) is 21.5 Å². The fraction of sp³-hybridized carbons (Fsp3) is 0.160. The largest absolute Gasteiger partial charge is 0.503 e. The van der Waals surface area contributed by atoms with Crippen LogP contribution >= 0.6 is 46.0 Å². The minimum Gasteiger partial charge on any atom is -0.503 e. The number of carbonyl (C=O) groups is 2. The number of aliphatic hydroxyl groups is 1. The number of ketones is 1. The number of nitrogens with zero attached hydrogens (tertiary/aromatic N) is 4. The van der Waals surface area contributed by atoms with E-state index in [4.69, 9.17) is 11.6 Å². The minimum atomic E-state index is -0.974. The number of hydrogen-bond donors (Lipinski definition) is 1. The summed E-state index contributed by atoms with van der Waals surface area (Å²) in [6, 6.07) is 12.2. The van der Waals surface area contributed by atoms with Gasteiger partial charge < -0.3 is 5.11 Å². The van der Waals surface area contributed by atoms with Crippen LogP contribution < -0.4 is 4.90 Å². The predicted molar refractivity (Wildman–Crippen MR) is 143 cm³/mol. The van der Waals surface area contributed by atoms with Crippen LogP contribution in [-0.4, -0.2) is 32.0 Å². The van der Waals surface area contributed by atoms with Gasteiger partial charge >= 0.3 is 0 Å². The first kappa shape index (κ1) is 25.5. The van der Waals surface area contributed by atoms with Crippen molar-refractivity contribution < 1.29 is 19.1 Å². The molecule has 1 amide bonds. The second-order valence-electron chi connectivity index (χ2n) is 8.10. The Bertz CT molecular complexity index is 1570. The Morgan fingerprint density at radius 1 is 1.16 bits per heavy atom. The van der Waals surface area contributed by atoms with Crippen molar-refractivity contribution >= 4 is 62.9 Å². The summed E-state index contributed by atoms with van der Waals surface area (Å²) in [7, 11) is 0. The molecular weight excluding hydrogens is 555 g/mol. The van der Waals surface area contributed by atoms with E-state index in [1.54, 1.807) is 56.3 Å². The Hall–Kier alpha value is -3.12. The van der Waals surface area contributed by atoms with Crippen molar-refractivity contribution in [1.29, 1.82) is 0 Å². The number of aromatic nitrogens is 3. The Kier molecular flexibility index (Phi) is 7.13. The van der Waals surface area contributed by atoms with Crippen molar-refractivity contribution in [2.24, 2.45) is 0 Å². The standard InChI is InChI=1S/C25H18ClFN4O3S3/c1-12-22(36-13(2)28-12)20(32)18-19(14-7-5-8-16(26)10-14)31(23(34)21(18)33)24-29-30-25(37-24)35-11-15-6-3-4-9-17(15)27/h3-10,19,33H,11H2,1-2H3. The topological polar surface area (TPSA) is 96.3 Å². The molecule has 4 aromatic rings. The third kappa shape index (κ3) is 4.91. The summed E-state index contributed by atoms with van der Waals surface area (Å²) in [4.78, 5) is 32.9. The molecule has 1 aliphatic rings. The first-order valence-electron chi connectivity index (χ1n) is 10.9. The van der Waals surface area contributed by atoms with Crippen LogP contribution in [0.1, 0.15) is 37.5 Å². The van der Waals surface area contributed by atoms with Gasteiger partial charge in [-0.05, 0) is 43.2 Å². The average Bonchev–Trinajstić information content (AvgIpc) is 3.54. The number of Topliss-reactive ketones (excluding diaryl/α,β-unsaturated/α-hetero) is 1. The van der Waals surface area contributed by atoms with Gasteiger partial charge in [-0.25, -0.2) is 9.37 Å². The van der Waals surface area contributed by atoms with Gasteiger partial charge in [0.05, 0.1) is 27.2 Å². The molecule has 0 fully saturated rings. The van der Waals surface area contributed by atoms with Crippen molar-refractivity contribution in [3.8, 4) is 0 Å². The van der Waals surface area contributed by atoms with E-state index in [0.29, 0.717) is 41.8 Å². The van der Waals surface area contributed by atoms with Crippen LogP contribution in [0.4, 0.5) is 9.52 Å². The molecule has 12 heteroatoms. The van der Waals surface area contributed by atoms with Crippen molar-refractivity contribution in [3.05, 3.63) is 97.4 Å². The van der Waals surface area contributed by atoms with Gasteiger partial charge in [-0.1, -0.05) is 65.0 Å².